The number of carbonyl (C=O) groups excluding carboxylic acids is 1. The quantitative estimate of drug-likeness (QED) is 0.691. The lowest BCUT2D eigenvalue weighted by molar-refractivity contribution is 0.0162. The first-order valence-electron chi connectivity index (χ1n) is 11.1. The molecule has 1 atom stereocenters. The zero-order valence-corrected chi connectivity index (χ0v) is 18.0. The third-order valence-electron chi connectivity index (χ3n) is 6.57. The van der Waals surface area contributed by atoms with Gasteiger partial charge < -0.3 is 15.0 Å². The molecule has 0 radical (unpaired) electrons. The van der Waals surface area contributed by atoms with Gasteiger partial charge in [0.2, 0.25) is 0 Å². The van der Waals surface area contributed by atoms with Crippen molar-refractivity contribution in [2.24, 2.45) is 0 Å². The zero-order chi connectivity index (χ0) is 21.2. The molecule has 1 N–H and O–H groups in total. The maximum atomic E-state index is 13.0. The molecule has 0 bridgehead atoms. The van der Waals surface area contributed by atoms with Crippen LogP contribution in [-0.2, 0) is 11.2 Å². The number of likely N-dealkylation sites (N-methyl/N-ethyl adjacent to an activating group) is 1. The van der Waals surface area contributed by atoms with E-state index in [9.17, 15) is 4.79 Å². The normalized spacial score (nSPS) is 17.5. The molecule has 5 nitrogen and oxygen atoms in total. The molecule has 1 amide bonds. The van der Waals surface area contributed by atoms with Gasteiger partial charge in [-0.25, -0.2) is 0 Å². The van der Waals surface area contributed by atoms with Crippen LogP contribution in [0, 0.1) is 0 Å². The first-order chi connectivity index (χ1) is 15.2. The number of rotatable bonds is 5. The number of nitrogens with one attached hydrogen (secondary N) is 1. The standard InChI is InChI=1S/C26H29N3O2/c1-28-11-10-22-17-21(8-9-24(22)28)25(29-12-14-31-15-13-29)18-27-26(30)23-7-6-19-4-2-3-5-20(19)16-23/h2-9,16-17,25H,10-15,18H2,1H3,(H,27,30)/t25-/m0/s1. The largest absolute Gasteiger partial charge is 0.379 e. The van der Waals surface area contributed by atoms with Crippen molar-refractivity contribution in [3.63, 3.8) is 0 Å². The molecule has 0 spiro atoms. The van der Waals surface area contributed by atoms with E-state index in [4.69, 9.17) is 4.74 Å². The Morgan fingerprint density at radius 1 is 1.00 bits per heavy atom. The summed E-state index contributed by atoms with van der Waals surface area (Å²) in [5.41, 5.74) is 4.70. The Kier molecular flexibility index (Phi) is 5.62. The predicted octanol–water partition coefficient (Wildman–Crippen LogP) is 3.64. The second-order valence-electron chi connectivity index (χ2n) is 8.50. The van der Waals surface area contributed by atoms with E-state index in [1.54, 1.807) is 0 Å². The SMILES string of the molecule is CN1CCc2cc([C@H](CNC(=O)c3ccc4ccccc4c3)N3CCOCC3)ccc21. The van der Waals surface area contributed by atoms with Crippen LogP contribution >= 0.6 is 0 Å². The van der Waals surface area contributed by atoms with Crippen molar-refractivity contribution in [2.45, 2.75) is 12.5 Å². The maximum absolute atomic E-state index is 13.0. The molecule has 3 aromatic rings. The first kappa shape index (κ1) is 20.0. The highest BCUT2D eigenvalue weighted by atomic mass is 16.5. The number of hydrogen-bond acceptors (Lipinski definition) is 4. The molecular weight excluding hydrogens is 386 g/mol. The molecule has 2 heterocycles. The summed E-state index contributed by atoms with van der Waals surface area (Å²) in [4.78, 5) is 17.7. The summed E-state index contributed by atoms with van der Waals surface area (Å²) in [6.45, 7) is 4.90. The van der Waals surface area contributed by atoms with Crippen molar-refractivity contribution < 1.29 is 9.53 Å². The highest BCUT2D eigenvalue weighted by Crippen LogP contribution is 2.31. The fourth-order valence-electron chi connectivity index (χ4n) is 4.76. The molecule has 2 aliphatic heterocycles. The monoisotopic (exact) mass is 415 g/mol. The van der Waals surface area contributed by atoms with E-state index in [-0.39, 0.29) is 11.9 Å². The first-order valence-corrected chi connectivity index (χ1v) is 11.1. The Morgan fingerprint density at radius 2 is 1.81 bits per heavy atom. The Balaban J connectivity index is 1.36. The van der Waals surface area contributed by atoms with Gasteiger partial charge in [-0.05, 0) is 46.5 Å². The summed E-state index contributed by atoms with van der Waals surface area (Å²) in [5, 5.41) is 5.44. The molecule has 0 aromatic heterocycles. The number of ether oxygens (including phenoxy) is 1. The number of fused-ring (bicyclic) bond motifs is 2. The van der Waals surface area contributed by atoms with Crippen LogP contribution in [0.2, 0.25) is 0 Å². The Bertz CT molecular complexity index is 1090. The second kappa shape index (κ2) is 8.69. The highest BCUT2D eigenvalue weighted by molar-refractivity contribution is 5.98. The average molecular weight is 416 g/mol. The van der Waals surface area contributed by atoms with E-state index in [1.807, 2.05) is 36.4 Å². The van der Waals surface area contributed by atoms with Gasteiger partial charge in [0.15, 0.2) is 0 Å². The minimum atomic E-state index is -0.0232. The van der Waals surface area contributed by atoms with Crippen LogP contribution in [-0.4, -0.2) is 57.2 Å². The molecule has 31 heavy (non-hydrogen) atoms. The minimum Gasteiger partial charge on any atom is -0.379 e. The van der Waals surface area contributed by atoms with E-state index >= 15 is 0 Å². The van der Waals surface area contributed by atoms with Crippen molar-refractivity contribution >= 4 is 22.4 Å². The molecule has 5 heteroatoms. The molecule has 2 aliphatic rings. The molecule has 5 rings (SSSR count). The van der Waals surface area contributed by atoms with Gasteiger partial charge in [-0.2, -0.15) is 0 Å². The van der Waals surface area contributed by atoms with Crippen LogP contribution in [0.25, 0.3) is 10.8 Å². The Hall–Kier alpha value is -2.89. The van der Waals surface area contributed by atoms with Crippen molar-refractivity contribution in [3.8, 4) is 0 Å². The Morgan fingerprint density at radius 3 is 2.65 bits per heavy atom. The van der Waals surface area contributed by atoms with E-state index < -0.39 is 0 Å². The maximum Gasteiger partial charge on any atom is 0.251 e. The summed E-state index contributed by atoms with van der Waals surface area (Å²) in [5.74, 6) is -0.0232. The van der Waals surface area contributed by atoms with Crippen molar-refractivity contribution in [1.29, 1.82) is 0 Å². The van der Waals surface area contributed by atoms with Gasteiger partial charge in [0.25, 0.3) is 5.91 Å². The van der Waals surface area contributed by atoms with Crippen LogP contribution < -0.4 is 10.2 Å². The topological polar surface area (TPSA) is 44.8 Å². The van der Waals surface area contributed by atoms with Crippen LogP contribution in [0.1, 0.15) is 27.5 Å². The van der Waals surface area contributed by atoms with Gasteiger partial charge in [-0.15, -0.1) is 0 Å². The molecule has 160 valence electrons. The third-order valence-corrected chi connectivity index (χ3v) is 6.57. The van der Waals surface area contributed by atoms with Gasteiger partial charge in [0, 0.05) is 44.5 Å². The van der Waals surface area contributed by atoms with E-state index in [2.05, 4.69) is 46.4 Å². The van der Waals surface area contributed by atoms with Crippen LogP contribution in [0.5, 0.6) is 0 Å². The van der Waals surface area contributed by atoms with Gasteiger partial charge in [-0.1, -0.05) is 42.5 Å². The number of amides is 1. The second-order valence-corrected chi connectivity index (χ2v) is 8.50. The number of carbonyl (C=O) groups is 1. The summed E-state index contributed by atoms with van der Waals surface area (Å²) in [7, 11) is 2.15. The van der Waals surface area contributed by atoms with E-state index in [0.29, 0.717) is 12.1 Å². The van der Waals surface area contributed by atoms with Crippen molar-refractivity contribution in [3.05, 3.63) is 77.4 Å². The smallest absolute Gasteiger partial charge is 0.251 e. The highest BCUT2D eigenvalue weighted by Gasteiger charge is 2.25. The summed E-state index contributed by atoms with van der Waals surface area (Å²) < 4.78 is 5.57. The number of benzene rings is 3. The fourth-order valence-corrected chi connectivity index (χ4v) is 4.76. The zero-order valence-electron chi connectivity index (χ0n) is 18.0. The summed E-state index contributed by atoms with van der Waals surface area (Å²) in [6.07, 6.45) is 1.08. The predicted molar refractivity (Wildman–Crippen MR) is 125 cm³/mol. The lowest BCUT2D eigenvalue weighted by Crippen LogP contribution is -2.43. The number of hydrogen-bond donors (Lipinski definition) is 1. The van der Waals surface area contributed by atoms with Gasteiger partial charge in [0.05, 0.1) is 19.3 Å². The minimum absolute atomic E-state index is 0.0232. The lowest BCUT2D eigenvalue weighted by atomic mass is 10.00. The van der Waals surface area contributed by atoms with Crippen LogP contribution in [0.3, 0.4) is 0 Å². The van der Waals surface area contributed by atoms with Gasteiger partial charge in [-0.3, -0.25) is 9.69 Å². The van der Waals surface area contributed by atoms with E-state index in [1.165, 1.54) is 16.8 Å². The lowest BCUT2D eigenvalue weighted by Gasteiger charge is -2.35. The molecule has 3 aromatic carbocycles. The van der Waals surface area contributed by atoms with Gasteiger partial charge in [0.1, 0.15) is 0 Å². The van der Waals surface area contributed by atoms with Crippen molar-refractivity contribution in [2.75, 3.05) is 51.3 Å². The van der Waals surface area contributed by atoms with Crippen LogP contribution in [0.15, 0.2) is 60.7 Å². The van der Waals surface area contributed by atoms with E-state index in [0.717, 1.165) is 50.0 Å². The van der Waals surface area contributed by atoms with Crippen molar-refractivity contribution in [1.82, 2.24) is 10.2 Å². The molecule has 0 saturated carbocycles. The molecule has 0 aliphatic carbocycles. The number of nitrogens with zero attached hydrogens (tertiary/aromatic N) is 2. The molecular formula is C26H29N3O2. The summed E-state index contributed by atoms with van der Waals surface area (Å²) >= 11 is 0. The number of anilines is 1. The molecule has 1 fully saturated rings. The fraction of sp³-hybridized carbons (Fsp3) is 0.346. The number of morpholine rings is 1. The molecule has 0 unspecified atom stereocenters. The Labute approximate surface area is 183 Å². The third kappa shape index (κ3) is 4.16. The van der Waals surface area contributed by atoms with Crippen LogP contribution in [0.4, 0.5) is 5.69 Å². The molecule has 1 saturated heterocycles. The summed E-state index contributed by atoms with van der Waals surface area (Å²) in [6, 6.07) is 21.0. The average Bonchev–Trinajstić information content (AvgIpc) is 3.19. The van der Waals surface area contributed by atoms with Gasteiger partial charge >= 0.3 is 0 Å².